The summed E-state index contributed by atoms with van der Waals surface area (Å²) in [6.45, 7) is 4.08. The first-order valence-electron chi connectivity index (χ1n) is 12.8. The van der Waals surface area contributed by atoms with Crippen molar-refractivity contribution in [3.8, 4) is 6.07 Å². The number of hydrogen-bond acceptors (Lipinski definition) is 9. The van der Waals surface area contributed by atoms with E-state index >= 15 is 0 Å². The van der Waals surface area contributed by atoms with Gasteiger partial charge in [0.1, 0.15) is 5.82 Å². The van der Waals surface area contributed by atoms with Crippen molar-refractivity contribution in [2.75, 3.05) is 16.0 Å². The minimum absolute atomic E-state index is 0.0259. The van der Waals surface area contributed by atoms with Crippen LogP contribution in [0.2, 0.25) is 0 Å². The lowest BCUT2D eigenvalue weighted by Gasteiger charge is -2.38. The van der Waals surface area contributed by atoms with Crippen LogP contribution in [-0.2, 0) is 16.0 Å². The van der Waals surface area contributed by atoms with Gasteiger partial charge in [-0.15, -0.1) is 10.2 Å². The molecular formula is C29H28N6O2S2. The number of amides is 1. The van der Waals surface area contributed by atoms with Gasteiger partial charge < -0.3 is 11.1 Å². The number of allylic oxidation sites excluding steroid dienone is 3. The number of aryl methyl sites for hydroxylation is 2. The second kappa shape index (κ2) is 11.4. The molecular weight excluding hydrogens is 528 g/mol. The molecule has 0 fully saturated rings. The topological polar surface area (TPSA) is 125 Å². The average Bonchev–Trinajstić information content (AvgIpc) is 3.41. The highest BCUT2D eigenvalue weighted by Gasteiger charge is 2.41. The van der Waals surface area contributed by atoms with Gasteiger partial charge in [0.25, 0.3) is 0 Å². The third kappa shape index (κ3) is 5.46. The van der Waals surface area contributed by atoms with Crippen molar-refractivity contribution in [1.29, 1.82) is 5.26 Å². The second-order valence-electron chi connectivity index (χ2n) is 9.46. The fraction of sp³-hybridized carbons (Fsp3) is 0.276. The van der Waals surface area contributed by atoms with E-state index in [-0.39, 0.29) is 23.3 Å². The number of hydrogen-bond donors (Lipinski definition) is 2. The number of benzene rings is 2. The van der Waals surface area contributed by atoms with E-state index in [0.29, 0.717) is 39.9 Å². The Balaban J connectivity index is 1.41. The Bertz CT molecular complexity index is 1520. The van der Waals surface area contributed by atoms with E-state index in [1.165, 1.54) is 28.7 Å². The molecule has 39 heavy (non-hydrogen) atoms. The first-order chi connectivity index (χ1) is 18.9. The van der Waals surface area contributed by atoms with Crippen molar-refractivity contribution in [3.05, 3.63) is 87.9 Å². The van der Waals surface area contributed by atoms with Crippen molar-refractivity contribution < 1.29 is 9.59 Å². The second-order valence-corrected chi connectivity index (χ2v) is 11.6. The van der Waals surface area contributed by atoms with Crippen LogP contribution >= 0.6 is 23.1 Å². The zero-order chi connectivity index (χ0) is 27.5. The van der Waals surface area contributed by atoms with Gasteiger partial charge in [0.05, 0.1) is 23.3 Å². The van der Waals surface area contributed by atoms with Crippen LogP contribution in [0, 0.1) is 18.3 Å². The molecule has 2 aliphatic rings. The van der Waals surface area contributed by atoms with Crippen molar-refractivity contribution in [3.63, 3.8) is 0 Å². The van der Waals surface area contributed by atoms with Crippen molar-refractivity contribution in [1.82, 2.24) is 10.2 Å². The molecule has 1 atom stereocenters. The number of Topliss-reactive ketones (excluding diaryl/α,β-unsaturated/α-hetero) is 1. The number of nitrogens with one attached hydrogen (secondary N) is 1. The molecule has 3 aromatic rings. The highest BCUT2D eigenvalue weighted by atomic mass is 32.2. The summed E-state index contributed by atoms with van der Waals surface area (Å²) in [5.41, 5.74) is 12.3. The van der Waals surface area contributed by atoms with Crippen LogP contribution in [-0.4, -0.2) is 27.6 Å². The van der Waals surface area contributed by atoms with Gasteiger partial charge in [0.15, 0.2) is 10.1 Å². The molecule has 1 aliphatic carbocycles. The van der Waals surface area contributed by atoms with Gasteiger partial charge in [-0.25, -0.2) is 0 Å². The van der Waals surface area contributed by atoms with Gasteiger partial charge in [-0.1, -0.05) is 72.0 Å². The molecule has 1 aliphatic heterocycles. The maximum absolute atomic E-state index is 13.3. The predicted octanol–water partition coefficient (Wildman–Crippen LogP) is 5.44. The number of nitrogens with two attached hydrogens (primary N) is 1. The number of rotatable bonds is 7. The number of ketones is 1. The van der Waals surface area contributed by atoms with Gasteiger partial charge in [-0.05, 0) is 49.4 Å². The summed E-state index contributed by atoms with van der Waals surface area (Å²) in [5.74, 6) is -0.199. The van der Waals surface area contributed by atoms with Crippen molar-refractivity contribution in [2.45, 2.75) is 49.8 Å². The summed E-state index contributed by atoms with van der Waals surface area (Å²) >= 11 is 2.56. The van der Waals surface area contributed by atoms with Crippen LogP contribution in [0.1, 0.15) is 48.8 Å². The maximum atomic E-state index is 13.3. The molecule has 198 valence electrons. The van der Waals surface area contributed by atoms with Crippen LogP contribution in [0.4, 0.5) is 10.8 Å². The fourth-order valence-electron chi connectivity index (χ4n) is 4.90. The molecule has 2 aromatic carbocycles. The lowest BCUT2D eigenvalue weighted by atomic mass is 9.75. The van der Waals surface area contributed by atoms with Gasteiger partial charge in [-0.3, -0.25) is 14.5 Å². The number of aromatic nitrogens is 2. The lowest BCUT2D eigenvalue weighted by molar-refractivity contribution is -0.116. The number of nitrogens with zero attached hydrogens (tertiary/aromatic N) is 4. The van der Waals surface area contributed by atoms with E-state index in [1.807, 2.05) is 55.5 Å². The van der Waals surface area contributed by atoms with Crippen LogP contribution < -0.4 is 16.0 Å². The van der Waals surface area contributed by atoms with Gasteiger partial charge in [0, 0.05) is 23.4 Å². The normalized spacial score (nSPS) is 17.2. The lowest BCUT2D eigenvalue weighted by Crippen LogP contribution is -2.38. The summed E-state index contributed by atoms with van der Waals surface area (Å²) in [6, 6.07) is 17.9. The summed E-state index contributed by atoms with van der Waals surface area (Å²) in [6.07, 6.45) is 2.68. The molecule has 8 nitrogen and oxygen atoms in total. The van der Waals surface area contributed by atoms with E-state index in [2.05, 4.69) is 28.5 Å². The highest BCUT2D eigenvalue weighted by molar-refractivity contribution is 8.01. The Morgan fingerprint density at radius 2 is 1.92 bits per heavy atom. The van der Waals surface area contributed by atoms with Crippen LogP contribution in [0.5, 0.6) is 0 Å². The van der Waals surface area contributed by atoms with Crippen LogP contribution in [0.3, 0.4) is 0 Å². The molecule has 0 bridgehead atoms. The maximum Gasteiger partial charge on any atom is 0.234 e. The van der Waals surface area contributed by atoms with Gasteiger partial charge in [0.2, 0.25) is 11.0 Å². The van der Waals surface area contributed by atoms with Crippen molar-refractivity contribution in [2.24, 2.45) is 5.73 Å². The first kappa shape index (κ1) is 26.7. The minimum atomic E-state index is -0.507. The van der Waals surface area contributed by atoms with E-state index in [0.717, 1.165) is 28.9 Å². The monoisotopic (exact) mass is 556 g/mol. The number of carbonyl (C=O) groups excluding carboxylic acids is 2. The Hall–Kier alpha value is -3.94. The molecule has 1 aromatic heterocycles. The fourth-order valence-corrected chi connectivity index (χ4v) is 6.58. The summed E-state index contributed by atoms with van der Waals surface area (Å²) in [4.78, 5) is 27.5. The van der Waals surface area contributed by atoms with E-state index in [9.17, 15) is 14.9 Å². The van der Waals surface area contributed by atoms with Gasteiger partial charge >= 0.3 is 0 Å². The first-order valence-corrected chi connectivity index (χ1v) is 14.6. The minimum Gasteiger partial charge on any atom is -0.384 e. The van der Waals surface area contributed by atoms with Crippen molar-refractivity contribution >= 4 is 45.6 Å². The quantitative estimate of drug-likeness (QED) is 0.368. The molecule has 1 unspecified atom stereocenters. The smallest absolute Gasteiger partial charge is 0.234 e. The molecule has 0 saturated carbocycles. The molecule has 0 radical (unpaired) electrons. The zero-order valence-electron chi connectivity index (χ0n) is 21.7. The zero-order valence-corrected chi connectivity index (χ0v) is 23.4. The number of nitriles is 1. The third-order valence-corrected chi connectivity index (χ3v) is 8.93. The molecule has 0 spiro atoms. The number of thioether (sulfide) groups is 1. The predicted molar refractivity (Wildman–Crippen MR) is 154 cm³/mol. The Morgan fingerprint density at radius 3 is 2.62 bits per heavy atom. The molecule has 1 amide bonds. The summed E-state index contributed by atoms with van der Waals surface area (Å²) in [7, 11) is 0. The Kier molecular flexibility index (Phi) is 7.82. The highest BCUT2D eigenvalue weighted by Crippen LogP contribution is 2.47. The Labute approximate surface area is 235 Å². The van der Waals surface area contributed by atoms with Crippen LogP contribution in [0.25, 0.3) is 0 Å². The van der Waals surface area contributed by atoms with Gasteiger partial charge in [-0.2, -0.15) is 5.26 Å². The molecule has 3 N–H and O–H groups in total. The van der Waals surface area contributed by atoms with Crippen LogP contribution in [0.15, 0.2) is 75.5 Å². The molecule has 2 heterocycles. The summed E-state index contributed by atoms with van der Waals surface area (Å²) < 4.78 is 0.594. The standard InChI is InChI=1S/C29H28N6O2S2/c1-3-18-9-11-19(12-10-18)25-21(15-30)27(31)35(22-5-4-6-23(36)26(22)25)28-33-34-29(39-28)38-16-24(37)32-20-13-7-17(2)8-14-20/h7-14,25H,3-6,16,31H2,1-2H3,(H,32,37). The van der Waals surface area contributed by atoms with E-state index in [1.54, 1.807) is 4.90 Å². The average molecular weight is 557 g/mol. The largest absolute Gasteiger partial charge is 0.384 e. The molecule has 10 heteroatoms. The van der Waals surface area contributed by atoms with E-state index < -0.39 is 5.92 Å². The summed E-state index contributed by atoms with van der Waals surface area (Å²) in [5, 5.41) is 22.1. The Morgan fingerprint density at radius 1 is 1.18 bits per heavy atom. The third-order valence-electron chi connectivity index (χ3n) is 6.88. The molecule has 5 rings (SSSR count). The number of carbonyl (C=O) groups is 2. The molecule has 0 saturated heterocycles. The number of anilines is 2. The SMILES string of the molecule is CCc1ccc(C2C(C#N)=C(N)N(c3nnc(SCC(=O)Nc4ccc(C)cc4)s3)C3=C2C(=O)CCC3)cc1. The van der Waals surface area contributed by atoms with E-state index in [4.69, 9.17) is 5.73 Å².